The van der Waals surface area contributed by atoms with Crippen LogP contribution in [0, 0.1) is 0 Å². The lowest BCUT2D eigenvalue weighted by molar-refractivity contribution is -0.128. The van der Waals surface area contributed by atoms with Gasteiger partial charge in [-0.2, -0.15) is 0 Å². The summed E-state index contributed by atoms with van der Waals surface area (Å²) in [6, 6.07) is 8.97. The molecule has 6 nitrogen and oxygen atoms in total. The number of hydrogen-bond acceptors (Lipinski definition) is 5. The predicted molar refractivity (Wildman–Crippen MR) is 104 cm³/mol. The highest BCUT2D eigenvalue weighted by Crippen LogP contribution is 2.24. The highest BCUT2D eigenvalue weighted by molar-refractivity contribution is 5.73. The van der Waals surface area contributed by atoms with Crippen LogP contribution in [0.25, 0.3) is 0 Å². The highest BCUT2D eigenvalue weighted by atomic mass is 16.5. The Morgan fingerprint density at radius 2 is 1.93 bits per heavy atom. The number of aliphatic hydroxyl groups is 1. The molecule has 0 saturated carbocycles. The van der Waals surface area contributed by atoms with Crippen LogP contribution in [0.5, 0.6) is 0 Å². The number of benzene rings is 1. The van der Waals surface area contributed by atoms with Gasteiger partial charge in [-0.05, 0) is 36.9 Å². The van der Waals surface area contributed by atoms with Gasteiger partial charge < -0.3 is 20.1 Å². The zero-order valence-corrected chi connectivity index (χ0v) is 16.1. The Labute approximate surface area is 161 Å². The molecule has 1 aliphatic carbocycles. The molecule has 1 aromatic carbocycles. The Balaban J connectivity index is 1.27. The van der Waals surface area contributed by atoms with Crippen LogP contribution in [0.1, 0.15) is 24.5 Å². The molecule has 2 fully saturated rings. The minimum Gasteiger partial charge on any atom is -0.389 e. The number of carbonyl (C=O) groups excluding carboxylic acids is 1. The number of ether oxygens (including phenoxy) is 1. The fourth-order valence-electron chi connectivity index (χ4n) is 4.69. The number of aliphatic hydroxyl groups excluding tert-OH is 1. The molecule has 2 N–H and O–H groups in total. The molecule has 3 atom stereocenters. The number of nitrogens with one attached hydrogen (secondary N) is 1. The third kappa shape index (κ3) is 4.35. The van der Waals surface area contributed by atoms with E-state index in [1.807, 2.05) is 4.90 Å². The van der Waals surface area contributed by atoms with Crippen LogP contribution in [0.3, 0.4) is 0 Å². The molecule has 2 saturated heterocycles. The zero-order valence-electron chi connectivity index (χ0n) is 16.1. The molecule has 0 unspecified atom stereocenters. The van der Waals surface area contributed by atoms with Crippen molar-refractivity contribution in [3.63, 3.8) is 0 Å². The normalized spacial score (nSPS) is 29.7. The SMILES string of the molecule is CC(=O)N1CCCN(C[C@@H]2OC[C@H](NC3Cc4ccccc4C3)[C@H]2O)CC1. The van der Waals surface area contributed by atoms with Crippen LogP contribution in [-0.2, 0) is 22.4 Å². The Kier molecular flexibility index (Phi) is 5.78. The van der Waals surface area contributed by atoms with Crippen molar-refractivity contribution in [2.75, 3.05) is 39.3 Å². The lowest BCUT2D eigenvalue weighted by atomic mass is 10.1. The van der Waals surface area contributed by atoms with Crippen molar-refractivity contribution in [3.8, 4) is 0 Å². The second kappa shape index (κ2) is 8.27. The summed E-state index contributed by atoms with van der Waals surface area (Å²) in [6.45, 7) is 6.32. The molecule has 6 heteroatoms. The van der Waals surface area contributed by atoms with Gasteiger partial charge >= 0.3 is 0 Å². The molecule has 2 aliphatic heterocycles. The van der Waals surface area contributed by atoms with Crippen molar-refractivity contribution >= 4 is 5.91 Å². The van der Waals surface area contributed by atoms with Gasteiger partial charge in [0, 0.05) is 39.1 Å². The van der Waals surface area contributed by atoms with E-state index in [0.29, 0.717) is 12.6 Å². The van der Waals surface area contributed by atoms with Crippen molar-refractivity contribution in [1.82, 2.24) is 15.1 Å². The smallest absolute Gasteiger partial charge is 0.219 e. The number of rotatable bonds is 4. The second-order valence-corrected chi connectivity index (χ2v) is 8.17. The van der Waals surface area contributed by atoms with E-state index in [2.05, 4.69) is 34.5 Å². The largest absolute Gasteiger partial charge is 0.389 e. The van der Waals surface area contributed by atoms with E-state index in [1.54, 1.807) is 6.92 Å². The lowest BCUT2D eigenvalue weighted by Crippen LogP contribution is -2.48. The average Bonchev–Trinajstić information content (AvgIpc) is 3.11. The fraction of sp³-hybridized carbons (Fsp3) is 0.667. The summed E-state index contributed by atoms with van der Waals surface area (Å²) in [5, 5.41) is 14.4. The van der Waals surface area contributed by atoms with E-state index in [1.165, 1.54) is 11.1 Å². The Bertz CT molecular complexity index is 643. The van der Waals surface area contributed by atoms with Gasteiger partial charge in [0.15, 0.2) is 0 Å². The number of hydrogen-bond donors (Lipinski definition) is 2. The van der Waals surface area contributed by atoms with Crippen molar-refractivity contribution in [2.24, 2.45) is 0 Å². The maximum absolute atomic E-state index is 11.6. The molecule has 2 heterocycles. The molecule has 3 aliphatic rings. The summed E-state index contributed by atoms with van der Waals surface area (Å²) in [7, 11) is 0. The number of nitrogens with zero attached hydrogens (tertiary/aromatic N) is 2. The van der Waals surface area contributed by atoms with Crippen LogP contribution in [0.2, 0.25) is 0 Å². The van der Waals surface area contributed by atoms with Crippen LogP contribution in [-0.4, -0.2) is 84.4 Å². The van der Waals surface area contributed by atoms with Gasteiger partial charge in [-0.25, -0.2) is 0 Å². The van der Waals surface area contributed by atoms with Crippen LogP contribution in [0.4, 0.5) is 0 Å². The maximum Gasteiger partial charge on any atom is 0.219 e. The predicted octanol–water partition coefficient (Wildman–Crippen LogP) is 0.426. The van der Waals surface area contributed by atoms with E-state index < -0.39 is 6.10 Å². The average molecular weight is 373 g/mol. The Morgan fingerprint density at radius 3 is 2.63 bits per heavy atom. The molecule has 4 rings (SSSR count). The molecule has 0 spiro atoms. The molecule has 0 aromatic heterocycles. The molecule has 1 aromatic rings. The zero-order chi connectivity index (χ0) is 18.8. The van der Waals surface area contributed by atoms with Crippen molar-refractivity contribution in [1.29, 1.82) is 0 Å². The van der Waals surface area contributed by atoms with Crippen LogP contribution < -0.4 is 5.32 Å². The third-order valence-electron chi connectivity index (χ3n) is 6.26. The first-order valence-electron chi connectivity index (χ1n) is 10.2. The number of carbonyl (C=O) groups is 1. The highest BCUT2D eigenvalue weighted by Gasteiger charge is 2.38. The van der Waals surface area contributed by atoms with E-state index in [-0.39, 0.29) is 18.1 Å². The summed E-state index contributed by atoms with van der Waals surface area (Å²) < 4.78 is 5.95. The summed E-state index contributed by atoms with van der Waals surface area (Å²) in [5.74, 6) is 0.149. The quantitative estimate of drug-likeness (QED) is 0.801. The molecule has 148 valence electrons. The van der Waals surface area contributed by atoms with E-state index in [9.17, 15) is 9.90 Å². The lowest BCUT2D eigenvalue weighted by Gasteiger charge is -2.26. The molecule has 27 heavy (non-hydrogen) atoms. The van der Waals surface area contributed by atoms with Gasteiger partial charge in [-0.1, -0.05) is 24.3 Å². The molecule has 1 amide bonds. The fourth-order valence-corrected chi connectivity index (χ4v) is 4.69. The topological polar surface area (TPSA) is 65.0 Å². The minimum atomic E-state index is -0.485. The first-order valence-corrected chi connectivity index (χ1v) is 10.2. The van der Waals surface area contributed by atoms with Gasteiger partial charge in [0.2, 0.25) is 5.91 Å². The Morgan fingerprint density at radius 1 is 1.19 bits per heavy atom. The molecular weight excluding hydrogens is 342 g/mol. The van der Waals surface area contributed by atoms with Gasteiger partial charge in [0.25, 0.3) is 0 Å². The summed E-state index contributed by atoms with van der Waals surface area (Å²) >= 11 is 0. The maximum atomic E-state index is 11.6. The van der Waals surface area contributed by atoms with Crippen molar-refractivity contribution in [2.45, 2.75) is 50.5 Å². The van der Waals surface area contributed by atoms with E-state index >= 15 is 0 Å². The number of fused-ring (bicyclic) bond motifs is 1. The van der Waals surface area contributed by atoms with Gasteiger partial charge in [0.1, 0.15) is 0 Å². The first kappa shape index (κ1) is 18.9. The van der Waals surface area contributed by atoms with E-state index in [0.717, 1.165) is 52.0 Å². The van der Waals surface area contributed by atoms with Crippen molar-refractivity contribution in [3.05, 3.63) is 35.4 Å². The van der Waals surface area contributed by atoms with Gasteiger partial charge in [-0.3, -0.25) is 9.69 Å². The Hall–Kier alpha value is -1.47. The van der Waals surface area contributed by atoms with E-state index in [4.69, 9.17) is 4.74 Å². The third-order valence-corrected chi connectivity index (χ3v) is 6.26. The standard InChI is InChI=1S/C21H31N3O3/c1-15(25)24-8-4-7-23(9-10-24)13-20-21(26)19(14-27-20)22-18-11-16-5-2-3-6-17(16)12-18/h2-3,5-6,18-22,26H,4,7-14H2,1H3/t19-,20-,21+/m0/s1. The molecule has 0 bridgehead atoms. The van der Waals surface area contributed by atoms with Crippen molar-refractivity contribution < 1.29 is 14.6 Å². The number of amides is 1. The van der Waals surface area contributed by atoms with Gasteiger partial charge in [0.05, 0.1) is 24.9 Å². The summed E-state index contributed by atoms with van der Waals surface area (Å²) in [4.78, 5) is 15.8. The van der Waals surface area contributed by atoms with Crippen LogP contribution in [0.15, 0.2) is 24.3 Å². The summed E-state index contributed by atoms with van der Waals surface area (Å²) in [6.07, 6.45) is 2.38. The van der Waals surface area contributed by atoms with Crippen LogP contribution >= 0.6 is 0 Å². The molecular formula is C21H31N3O3. The second-order valence-electron chi connectivity index (χ2n) is 8.17. The first-order chi connectivity index (χ1) is 13.1. The monoisotopic (exact) mass is 373 g/mol. The summed E-state index contributed by atoms with van der Waals surface area (Å²) in [5.41, 5.74) is 2.83. The minimum absolute atomic E-state index is 0.00462. The molecule has 0 radical (unpaired) electrons. The van der Waals surface area contributed by atoms with Gasteiger partial charge in [-0.15, -0.1) is 0 Å².